The first-order valence-corrected chi connectivity index (χ1v) is 8.59. The summed E-state index contributed by atoms with van der Waals surface area (Å²) in [6, 6.07) is 8.21. The molecule has 1 N–H and O–H groups in total. The molecule has 0 amide bonds. The van der Waals surface area contributed by atoms with Gasteiger partial charge >= 0.3 is 5.97 Å². The Kier molecular flexibility index (Phi) is 4.57. The summed E-state index contributed by atoms with van der Waals surface area (Å²) in [5.41, 5.74) is 0.846. The third-order valence-electron chi connectivity index (χ3n) is 5.00. The van der Waals surface area contributed by atoms with Gasteiger partial charge in [-0.05, 0) is 30.5 Å². The molecule has 1 aromatic carbocycles. The highest BCUT2D eigenvalue weighted by Gasteiger charge is 2.50. The van der Waals surface area contributed by atoms with Gasteiger partial charge in [-0.1, -0.05) is 40.9 Å². The highest BCUT2D eigenvalue weighted by atomic mass is 79.9. The van der Waals surface area contributed by atoms with E-state index in [-0.39, 0.29) is 18.1 Å². The number of esters is 1. The Balaban J connectivity index is 1.85. The summed E-state index contributed by atoms with van der Waals surface area (Å²) in [5.74, 6) is -0.330. The van der Waals surface area contributed by atoms with Crippen molar-refractivity contribution in [1.29, 1.82) is 0 Å². The molecule has 1 spiro atoms. The first-order chi connectivity index (χ1) is 10.6. The number of methoxy groups -OCH3 is 1. The van der Waals surface area contributed by atoms with Crippen molar-refractivity contribution in [1.82, 2.24) is 5.32 Å². The van der Waals surface area contributed by atoms with E-state index in [0.717, 1.165) is 23.0 Å². The number of hydrogen-bond acceptors (Lipinski definition) is 4. The molecule has 3 rings (SSSR count). The van der Waals surface area contributed by atoms with Gasteiger partial charge in [-0.25, -0.2) is 4.79 Å². The summed E-state index contributed by atoms with van der Waals surface area (Å²) in [6.45, 7) is 0.732. The zero-order valence-electron chi connectivity index (χ0n) is 12.9. The molecule has 0 radical (unpaired) electrons. The monoisotopic (exact) mass is 367 g/mol. The minimum absolute atomic E-state index is 0.00960. The second-order valence-electron chi connectivity index (χ2n) is 6.38. The van der Waals surface area contributed by atoms with Crippen molar-refractivity contribution < 1.29 is 14.3 Å². The van der Waals surface area contributed by atoms with Crippen LogP contribution < -0.4 is 5.32 Å². The van der Waals surface area contributed by atoms with Gasteiger partial charge in [0.2, 0.25) is 0 Å². The van der Waals surface area contributed by atoms with Gasteiger partial charge in [0.15, 0.2) is 0 Å². The molecule has 5 heteroatoms. The van der Waals surface area contributed by atoms with E-state index >= 15 is 0 Å². The average Bonchev–Trinajstić information content (AvgIpc) is 3.14. The van der Waals surface area contributed by atoms with Crippen molar-refractivity contribution in [2.24, 2.45) is 0 Å². The number of carbonyl (C=O) groups is 1. The second kappa shape index (κ2) is 6.30. The van der Waals surface area contributed by atoms with Crippen molar-refractivity contribution in [2.75, 3.05) is 20.3 Å². The number of rotatable bonds is 4. The summed E-state index contributed by atoms with van der Waals surface area (Å²) < 4.78 is 11.9. The van der Waals surface area contributed by atoms with Crippen molar-refractivity contribution in [3.63, 3.8) is 0 Å². The summed E-state index contributed by atoms with van der Waals surface area (Å²) in [4.78, 5) is 11.5. The van der Waals surface area contributed by atoms with Gasteiger partial charge in [0.1, 0.15) is 12.2 Å². The van der Waals surface area contributed by atoms with Crippen LogP contribution in [0.4, 0.5) is 0 Å². The largest absolute Gasteiger partial charge is 0.467 e. The Hall–Kier alpha value is -0.910. The number of halogens is 1. The maximum Gasteiger partial charge on any atom is 0.331 e. The Morgan fingerprint density at radius 3 is 2.59 bits per heavy atom. The van der Waals surface area contributed by atoms with Gasteiger partial charge in [-0.2, -0.15) is 0 Å². The highest BCUT2D eigenvalue weighted by molar-refractivity contribution is 9.10. The Bertz CT molecular complexity index is 539. The number of carbonyl (C=O) groups excluding carboxylic acids is 1. The van der Waals surface area contributed by atoms with E-state index in [4.69, 9.17) is 9.47 Å². The summed E-state index contributed by atoms with van der Waals surface area (Å²) in [5, 5.41) is 3.69. The zero-order chi connectivity index (χ0) is 15.6. The molecule has 0 bridgehead atoms. The minimum atomic E-state index is -0.445. The molecule has 120 valence electrons. The van der Waals surface area contributed by atoms with Gasteiger partial charge in [0.25, 0.3) is 0 Å². The van der Waals surface area contributed by atoms with E-state index in [1.807, 2.05) is 12.1 Å². The van der Waals surface area contributed by atoms with Crippen molar-refractivity contribution in [3.8, 4) is 0 Å². The number of ether oxygens (including phenoxy) is 2. The van der Waals surface area contributed by atoms with E-state index in [2.05, 4.69) is 33.4 Å². The highest BCUT2D eigenvalue weighted by Crippen LogP contribution is 2.46. The SMILES string of the molecule is COC(=O)COC1(c2ccc(Br)cc2)CNC2(CCCC2)C1. The van der Waals surface area contributed by atoms with E-state index in [1.54, 1.807) is 0 Å². The van der Waals surface area contributed by atoms with Gasteiger partial charge < -0.3 is 14.8 Å². The lowest BCUT2D eigenvalue weighted by Crippen LogP contribution is -2.35. The van der Waals surface area contributed by atoms with Crippen molar-refractivity contribution in [3.05, 3.63) is 34.3 Å². The quantitative estimate of drug-likeness (QED) is 0.830. The molecule has 2 aliphatic rings. The van der Waals surface area contributed by atoms with E-state index in [0.29, 0.717) is 0 Å². The van der Waals surface area contributed by atoms with Crippen LogP contribution in [-0.2, 0) is 19.9 Å². The summed E-state index contributed by atoms with van der Waals surface area (Å²) in [6.07, 6.45) is 5.82. The van der Waals surface area contributed by atoms with Crippen LogP contribution in [-0.4, -0.2) is 31.8 Å². The zero-order valence-corrected chi connectivity index (χ0v) is 14.4. The third-order valence-corrected chi connectivity index (χ3v) is 5.53. The smallest absolute Gasteiger partial charge is 0.331 e. The van der Waals surface area contributed by atoms with Gasteiger partial charge in [-0.3, -0.25) is 0 Å². The molecule has 1 unspecified atom stereocenters. The maximum atomic E-state index is 11.5. The predicted octanol–water partition coefficient (Wildman–Crippen LogP) is 3.14. The molecule has 4 nitrogen and oxygen atoms in total. The van der Waals surface area contributed by atoms with Crippen LogP contribution in [0.1, 0.15) is 37.7 Å². The van der Waals surface area contributed by atoms with Crippen molar-refractivity contribution >= 4 is 21.9 Å². The van der Waals surface area contributed by atoms with Gasteiger partial charge in [0.05, 0.1) is 7.11 Å². The topological polar surface area (TPSA) is 47.6 Å². The van der Waals surface area contributed by atoms with E-state index in [9.17, 15) is 4.79 Å². The number of benzene rings is 1. The molecule has 0 aromatic heterocycles. The van der Waals surface area contributed by atoms with E-state index < -0.39 is 5.60 Å². The summed E-state index contributed by atoms with van der Waals surface area (Å²) >= 11 is 3.47. The molecule has 1 aliphatic carbocycles. The minimum Gasteiger partial charge on any atom is -0.467 e. The maximum absolute atomic E-state index is 11.5. The van der Waals surface area contributed by atoms with Crippen LogP contribution >= 0.6 is 15.9 Å². The molecule has 1 atom stereocenters. The molecular weight excluding hydrogens is 346 g/mol. The van der Waals surface area contributed by atoms with Crippen LogP contribution in [0, 0.1) is 0 Å². The predicted molar refractivity (Wildman–Crippen MR) is 87.6 cm³/mol. The lowest BCUT2D eigenvalue weighted by molar-refractivity contribution is -0.153. The molecule has 1 aromatic rings. The first-order valence-electron chi connectivity index (χ1n) is 7.79. The number of nitrogens with one attached hydrogen (secondary N) is 1. The second-order valence-corrected chi connectivity index (χ2v) is 7.30. The van der Waals surface area contributed by atoms with Crippen LogP contribution in [0.2, 0.25) is 0 Å². The van der Waals surface area contributed by atoms with Gasteiger partial charge in [0, 0.05) is 23.0 Å². The Morgan fingerprint density at radius 1 is 1.27 bits per heavy atom. The van der Waals surface area contributed by atoms with Crippen LogP contribution in [0.25, 0.3) is 0 Å². The molecule has 2 fully saturated rings. The molecule has 1 saturated carbocycles. The normalized spacial score (nSPS) is 26.5. The molecule has 1 aliphatic heterocycles. The van der Waals surface area contributed by atoms with Crippen molar-refractivity contribution in [2.45, 2.75) is 43.2 Å². The fraction of sp³-hybridized carbons (Fsp3) is 0.588. The van der Waals surface area contributed by atoms with Crippen LogP contribution in [0.15, 0.2) is 28.7 Å². The lowest BCUT2D eigenvalue weighted by atomic mass is 9.84. The molecular formula is C17H22BrNO3. The Morgan fingerprint density at radius 2 is 1.95 bits per heavy atom. The van der Waals surface area contributed by atoms with Crippen LogP contribution in [0.3, 0.4) is 0 Å². The lowest BCUT2D eigenvalue weighted by Gasteiger charge is -2.31. The molecule has 22 heavy (non-hydrogen) atoms. The third kappa shape index (κ3) is 3.07. The number of hydrogen-bond donors (Lipinski definition) is 1. The fourth-order valence-electron chi connectivity index (χ4n) is 3.81. The van der Waals surface area contributed by atoms with Crippen LogP contribution in [0.5, 0.6) is 0 Å². The average molecular weight is 368 g/mol. The fourth-order valence-corrected chi connectivity index (χ4v) is 4.07. The van der Waals surface area contributed by atoms with Gasteiger partial charge in [-0.15, -0.1) is 0 Å². The standard InChI is InChI=1S/C17H22BrNO3/c1-21-15(20)10-22-17(13-4-6-14(18)7-5-13)11-16(19-12-17)8-2-3-9-16/h4-7,19H,2-3,8-12H2,1H3. The first kappa shape index (κ1) is 16.0. The molecule has 1 saturated heterocycles. The summed E-state index contributed by atoms with van der Waals surface area (Å²) in [7, 11) is 1.39. The van der Waals surface area contributed by atoms with E-state index in [1.165, 1.54) is 32.8 Å². The molecule has 1 heterocycles. The Labute approximate surface area is 139 Å².